The van der Waals surface area contributed by atoms with Gasteiger partial charge in [-0.1, -0.05) is 66.7 Å². The second-order valence-electron chi connectivity index (χ2n) is 6.12. The lowest BCUT2D eigenvalue weighted by Gasteiger charge is -2.28. The van der Waals surface area contributed by atoms with Gasteiger partial charge in [-0.2, -0.15) is 13.2 Å². The molecule has 0 N–H and O–H groups in total. The van der Waals surface area contributed by atoms with Crippen LogP contribution in [0, 0.1) is 0 Å². The highest BCUT2D eigenvalue weighted by molar-refractivity contribution is 5.80. The Morgan fingerprint density at radius 3 is 2.08 bits per heavy atom. The van der Waals surface area contributed by atoms with Gasteiger partial charge in [-0.25, -0.2) is 0 Å². The van der Waals surface area contributed by atoms with Crippen molar-refractivity contribution in [1.82, 2.24) is 0 Å². The molecule has 0 saturated carbocycles. The first kappa shape index (κ1) is 16.5. The van der Waals surface area contributed by atoms with Crippen molar-refractivity contribution in [3.63, 3.8) is 0 Å². The number of ether oxygens (including phenoxy) is 1. The molecule has 3 aromatic rings. The summed E-state index contributed by atoms with van der Waals surface area (Å²) in [5.74, 6) is 0.703. The number of fused-ring (bicyclic) bond motifs is 1. The van der Waals surface area contributed by atoms with Gasteiger partial charge in [-0.3, -0.25) is 0 Å². The average molecular weight is 352 g/mol. The van der Waals surface area contributed by atoms with Crippen LogP contribution in [0.4, 0.5) is 13.2 Å². The molecule has 0 saturated heterocycles. The highest BCUT2D eigenvalue weighted by atomic mass is 19.4. The Morgan fingerprint density at radius 2 is 1.38 bits per heavy atom. The van der Waals surface area contributed by atoms with Gasteiger partial charge in [0.2, 0.25) is 0 Å². The largest absolute Gasteiger partial charge is 0.480 e. The van der Waals surface area contributed by atoms with Crippen LogP contribution in [0.1, 0.15) is 33.9 Å². The molecule has 0 fully saturated rings. The molecule has 130 valence electrons. The van der Waals surface area contributed by atoms with Crippen LogP contribution in [0.2, 0.25) is 0 Å². The van der Waals surface area contributed by atoms with Gasteiger partial charge in [-0.15, -0.1) is 0 Å². The van der Waals surface area contributed by atoms with E-state index in [1.807, 2.05) is 60.7 Å². The first-order valence-corrected chi connectivity index (χ1v) is 8.22. The van der Waals surface area contributed by atoms with E-state index in [0.717, 1.165) is 28.8 Å². The Balaban J connectivity index is 1.76. The predicted molar refractivity (Wildman–Crippen MR) is 95.1 cm³/mol. The number of rotatable bonds is 2. The molecule has 1 aliphatic heterocycles. The van der Waals surface area contributed by atoms with Crippen LogP contribution in [0.25, 0.3) is 11.8 Å². The highest BCUT2D eigenvalue weighted by Crippen LogP contribution is 2.40. The molecule has 0 unspecified atom stereocenters. The molecule has 3 aromatic carbocycles. The van der Waals surface area contributed by atoms with Gasteiger partial charge in [0.05, 0.1) is 5.56 Å². The van der Waals surface area contributed by atoms with Crippen molar-refractivity contribution in [2.24, 2.45) is 0 Å². The zero-order valence-electron chi connectivity index (χ0n) is 13.7. The lowest BCUT2D eigenvalue weighted by molar-refractivity contribution is -0.137. The van der Waals surface area contributed by atoms with Crippen molar-refractivity contribution >= 4 is 11.8 Å². The maximum absolute atomic E-state index is 12.8. The van der Waals surface area contributed by atoms with Crippen LogP contribution < -0.4 is 0 Å². The monoisotopic (exact) mass is 352 g/mol. The summed E-state index contributed by atoms with van der Waals surface area (Å²) in [5, 5.41) is 0. The van der Waals surface area contributed by atoms with E-state index in [1.54, 1.807) is 0 Å². The number of benzene rings is 3. The minimum atomic E-state index is -4.35. The summed E-state index contributed by atoms with van der Waals surface area (Å²) in [5.41, 5.74) is 2.89. The summed E-state index contributed by atoms with van der Waals surface area (Å²) in [6, 6.07) is 22.6. The second kappa shape index (κ2) is 6.37. The topological polar surface area (TPSA) is 9.23 Å². The third-order valence-electron chi connectivity index (χ3n) is 4.41. The first-order valence-electron chi connectivity index (χ1n) is 8.22. The number of hydrogen-bond donors (Lipinski definition) is 0. The highest BCUT2D eigenvalue weighted by Gasteiger charge is 2.31. The molecular formula is C22H15F3O. The van der Waals surface area contributed by atoms with Gasteiger partial charge in [0.1, 0.15) is 11.9 Å². The molecule has 0 radical (unpaired) electrons. The minimum Gasteiger partial charge on any atom is -0.480 e. The van der Waals surface area contributed by atoms with Crippen molar-refractivity contribution < 1.29 is 17.9 Å². The van der Waals surface area contributed by atoms with Crippen LogP contribution in [-0.2, 0) is 10.9 Å². The maximum Gasteiger partial charge on any atom is 0.416 e. The van der Waals surface area contributed by atoms with Crippen LogP contribution >= 0.6 is 0 Å². The van der Waals surface area contributed by atoms with Crippen LogP contribution in [0.3, 0.4) is 0 Å². The fourth-order valence-corrected chi connectivity index (χ4v) is 3.10. The molecule has 1 atom stereocenters. The molecule has 0 bridgehead atoms. The third kappa shape index (κ3) is 3.10. The Morgan fingerprint density at radius 1 is 0.731 bits per heavy atom. The van der Waals surface area contributed by atoms with Gasteiger partial charge >= 0.3 is 6.18 Å². The third-order valence-corrected chi connectivity index (χ3v) is 4.41. The van der Waals surface area contributed by atoms with Crippen molar-refractivity contribution in [3.05, 3.63) is 107 Å². The van der Waals surface area contributed by atoms with E-state index >= 15 is 0 Å². The molecule has 4 rings (SSSR count). The Bertz CT molecular complexity index is 941. The Hall–Kier alpha value is -3.01. The van der Waals surface area contributed by atoms with E-state index in [2.05, 4.69) is 0 Å². The van der Waals surface area contributed by atoms with Gasteiger partial charge < -0.3 is 4.74 Å². The predicted octanol–water partition coefficient (Wildman–Crippen LogP) is 6.32. The molecule has 0 amide bonds. The lowest BCUT2D eigenvalue weighted by Crippen LogP contribution is -2.12. The molecule has 1 heterocycles. The summed E-state index contributed by atoms with van der Waals surface area (Å²) in [6.45, 7) is 0. The summed E-state index contributed by atoms with van der Waals surface area (Å²) in [7, 11) is 0. The number of hydrogen-bond acceptors (Lipinski definition) is 1. The van der Waals surface area contributed by atoms with Crippen molar-refractivity contribution in [2.75, 3.05) is 0 Å². The van der Waals surface area contributed by atoms with Gasteiger partial charge in [-0.05, 0) is 29.3 Å². The Kier molecular flexibility index (Phi) is 4.03. The minimum absolute atomic E-state index is 0.450. The van der Waals surface area contributed by atoms with E-state index in [9.17, 15) is 13.2 Å². The van der Waals surface area contributed by atoms with E-state index in [1.165, 1.54) is 12.1 Å². The van der Waals surface area contributed by atoms with Crippen LogP contribution in [0.15, 0.2) is 78.9 Å². The van der Waals surface area contributed by atoms with Crippen molar-refractivity contribution in [3.8, 4) is 0 Å². The molecule has 0 aliphatic carbocycles. The molecule has 1 aliphatic rings. The zero-order chi connectivity index (χ0) is 18.1. The first-order chi connectivity index (χ1) is 12.5. The smallest absolute Gasteiger partial charge is 0.416 e. The number of alkyl halides is 3. The summed E-state index contributed by atoms with van der Waals surface area (Å²) in [4.78, 5) is 0. The fraction of sp³-hybridized carbons (Fsp3) is 0.0909. The normalized spacial score (nSPS) is 16.4. The second-order valence-corrected chi connectivity index (χ2v) is 6.12. The summed E-state index contributed by atoms with van der Waals surface area (Å²) < 4.78 is 44.7. The van der Waals surface area contributed by atoms with Crippen LogP contribution in [0.5, 0.6) is 0 Å². The van der Waals surface area contributed by atoms with Crippen molar-refractivity contribution in [2.45, 2.75) is 12.3 Å². The fourth-order valence-electron chi connectivity index (χ4n) is 3.10. The molecular weight excluding hydrogens is 337 g/mol. The van der Waals surface area contributed by atoms with E-state index < -0.39 is 17.8 Å². The van der Waals surface area contributed by atoms with E-state index in [0.29, 0.717) is 11.3 Å². The molecule has 1 nitrogen and oxygen atoms in total. The standard InChI is InChI=1S/C22H15F3O/c23-22(24,25)18-12-10-16(11-13-18)21-19-9-5-4-8-17(19)14-20(26-21)15-6-2-1-3-7-15/h1-14,21H/t21-/m0/s1. The van der Waals surface area contributed by atoms with Crippen molar-refractivity contribution in [1.29, 1.82) is 0 Å². The van der Waals surface area contributed by atoms with E-state index in [4.69, 9.17) is 4.74 Å². The average Bonchev–Trinajstić information content (AvgIpc) is 2.67. The summed E-state index contributed by atoms with van der Waals surface area (Å²) in [6.07, 6.45) is -2.83. The van der Waals surface area contributed by atoms with Gasteiger partial charge in [0.25, 0.3) is 0 Å². The maximum atomic E-state index is 12.8. The summed E-state index contributed by atoms with van der Waals surface area (Å²) >= 11 is 0. The quantitative estimate of drug-likeness (QED) is 0.524. The van der Waals surface area contributed by atoms with Crippen LogP contribution in [-0.4, -0.2) is 0 Å². The molecule has 0 spiro atoms. The van der Waals surface area contributed by atoms with E-state index in [-0.39, 0.29) is 0 Å². The molecule has 4 heteroatoms. The molecule has 0 aromatic heterocycles. The SMILES string of the molecule is FC(F)(F)c1ccc([C@@H]2OC(c3ccccc3)=Cc3ccccc32)cc1. The zero-order valence-corrected chi connectivity index (χ0v) is 13.7. The van der Waals surface area contributed by atoms with Gasteiger partial charge in [0, 0.05) is 11.1 Å². The number of halogens is 3. The lowest BCUT2D eigenvalue weighted by atomic mass is 9.93. The van der Waals surface area contributed by atoms with Gasteiger partial charge in [0.15, 0.2) is 0 Å². The molecule has 26 heavy (non-hydrogen) atoms. The Labute approximate surface area is 149 Å².